The SMILES string of the molecule is COc1ccc(C(NC(=O)C2CCCCC2)c2nccn2C)cc1. The Morgan fingerprint density at radius 1 is 1.25 bits per heavy atom. The van der Waals surface area contributed by atoms with Crippen LogP contribution < -0.4 is 10.1 Å². The van der Waals surface area contributed by atoms with E-state index in [1.807, 2.05) is 42.1 Å². The average Bonchev–Trinajstić information content (AvgIpc) is 3.06. The Hall–Kier alpha value is -2.30. The number of amides is 1. The first-order chi connectivity index (χ1) is 11.7. The lowest BCUT2D eigenvalue weighted by Gasteiger charge is -2.25. The molecule has 1 aromatic carbocycles. The fraction of sp³-hybridized carbons (Fsp3) is 0.474. The molecule has 5 nitrogen and oxygen atoms in total. The number of methoxy groups -OCH3 is 1. The first-order valence-corrected chi connectivity index (χ1v) is 8.60. The smallest absolute Gasteiger partial charge is 0.223 e. The third kappa shape index (κ3) is 3.61. The van der Waals surface area contributed by atoms with Gasteiger partial charge in [0.05, 0.1) is 7.11 Å². The van der Waals surface area contributed by atoms with Gasteiger partial charge in [0.15, 0.2) is 0 Å². The molecule has 3 rings (SSSR count). The minimum Gasteiger partial charge on any atom is -0.497 e. The molecule has 0 aliphatic heterocycles. The van der Waals surface area contributed by atoms with Gasteiger partial charge in [0.25, 0.3) is 0 Å². The van der Waals surface area contributed by atoms with Crippen molar-refractivity contribution >= 4 is 5.91 Å². The highest BCUT2D eigenvalue weighted by atomic mass is 16.5. The van der Waals surface area contributed by atoms with Crippen LogP contribution in [0.3, 0.4) is 0 Å². The Morgan fingerprint density at radius 3 is 2.54 bits per heavy atom. The lowest BCUT2D eigenvalue weighted by Crippen LogP contribution is -2.36. The van der Waals surface area contributed by atoms with Gasteiger partial charge in [-0.1, -0.05) is 31.4 Å². The van der Waals surface area contributed by atoms with E-state index in [0.717, 1.165) is 42.8 Å². The van der Waals surface area contributed by atoms with Crippen molar-refractivity contribution in [2.45, 2.75) is 38.1 Å². The van der Waals surface area contributed by atoms with Crippen LogP contribution in [0.5, 0.6) is 5.75 Å². The van der Waals surface area contributed by atoms with Crippen molar-refractivity contribution in [3.63, 3.8) is 0 Å². The summed E-state index contributed by atoms with van der Waals surface area (Å²) in [6.07, 6.45) is 9.17. The van der Waals surface area contributed by atoms with Crippen LogP contribution in [0.4, 0.5) is 0 Å². The van der Waals surface area contributed by atoms with Crippen molar-refractivity contribution in [1.82, 2.24) is 14.9 Å². The Morgan fingerprint density at radius 2 is 1.96 bits per heavy atom. The van der Waals surface area contributed by atoms with Crippen molar-refractivity contribution in [3.05, 3.63) is 48.0 Å². The number of carbonyl (C=O) groups excluding carboxylic acids is 1. The van der Waals surface area contributed by atoms with Crippen LogP contribution in [0.1, 0.15) is 49.5 Å². The number of rotatable bonds is 5. The number of hydrogen-bond acceptors (Lipinski definition) is 3. The summed E-state index contributed by atoms with van der Waals surface area (Å²) in [4.78, 5) is 17.2. The first kappa shape index (κ1) is 16.6. The molecule has 1 aliphatic carbocycles. The molecule has 1 N–H and O–H groups in total. The van der Waals surface area contributed by atoms with Crippen LogP contribution >= 0.6 is 0 Å². The van der Waals surface area contributed by atoms with Gasteiger partial charge in [0.2, 0.25) is 5.91 Å². The molecule has 0 bridgehead atoms. The minimum atomic E-state index is -0.245. The molecule has 1 saturated carbocycles. The molecule has 5 heteroatoms. The molecule has 2 aromatic rings. The number of benzene rings is 1. The summed E-state index contributed by atoms with van der Waals surface area (Å²) in [5, 5.41) is 3.22. The molecule has 24 heavy (non-hydrogen) atoms. The van der Waals surface area contributed by atoms with E-state index in [1.54, 1.807) is 13.3 Å². The molecule has 1 atom stereocenters. The average molecular weight is 327 g/mol. The van der Waals surface area contributed by atoms with Gasteiger partial charge in [0.1, 0.15) is 17.6 Å². The molecular formula is C19H25N3O2. The maximum Gasteiger partial charge on any atom is 0.223 e. The minimum absolute atomic E-state index is 0.125. The van der Waals surface area contributed by atoms with Gasteiger partial charge in [-0.15, -0.1) is 0 Å². The second kappa shape index (κ2) is 7.51. The number of aromatic nitrogens is 2. The highest BCUT2D eigenvalue weighted by molar-refractivity contribution is 5.79. The predicted octanol–water partition coefficient (Wildman–Crippen LogP) is 3.21. The largest absolute Gasteiger partial charge is 0.497 e. The quantitative estimate of drug-likeness (QED) is 0.917. The Labute approximate surface area is 143 Å². The molecule has 1 unspecified atom stereocenters. The van der Waals surface area contributed by atoms with Crippen molar-refractivity contribution in [2.24, 2.45) is 13.0 Å². The van der Waals surface area contributed by atoms with E-state index in [4.69, 9.17) is 4.74 Å². The Bertz CT molecular complexity index is 672. The summed E-state index contributed by atoms with van der Waals surface area (Å²) in [5.41, 5.74) is 1.01. The standard InChI is InChI=1S/C19H25N3O2/c1-22-13-12-20-18(22)17(14-8-10-16(24-2)11-9-14)21-19(23)15-6-4-3-5-7-15/h8-13,15,17H,3-7H2,1-2H3,(H,21,23). The number of hydrogen-bond donors (Lipinski definition) is 1. The molecule has 0 spiro atoms. The monoisotopic (exact) mass is 327 g/mol. The normalized spacial score (nSPS) is 16.6. The van der Waals surface area contributed by atoms with Crippen LogP contribution in [0.25, 0.3) is 0 Å². The number of carbonyl (C=O) groups is 1. The zero-order chi connectivity index (χ0) is 16.9. The van der Waals surface area contributed by atoms with E-state index in [2.05, 4.69) is 10.3 Å². The number of aryl methyl sites for hydroxylation is 1. The second-order valence-corrected chi connectivity index (χ2v) is 6.45. The zero-order valence-electron chi connectivity index (χ0n) is 14.4. The topological polar surface area (TPSA) is 56.1 Å². The summed E-state index contributed by atoms with van der Waals surface area (Å²) < 4.78 is 7.19. The predicted molar refractivity (Wildman–Crippen MR) is 92.8 cm³/mol. The van der Waals surface area contributed by atoms with Crippen LogP contribution in [0, 0.1) is 5.92 Å². The third-order valence-electron chi connectivity index (χ3n) is 4.83. The molecule has 0 saturated heterocycles. The molecular weight excluding hydrogens is 302 g/mol. The summed E-state index contributed by atoms with van der Waals surface area (Å²) in [7, 11) is 3.60. The van der Waals surface area contributed by atoms with Crippen molar-refractivity contribution in [3.8, 4) is 5.75 Å². The highest BCUT2D eigenvalue weighted by Crippen LogP contribution is 2.27. The van der Waals surface area contributed by atoms with E-state index in [0.29, 0.717) is 0 Å². The zero-order valence-corrected chi connectivity index (χ0v) is 14.4. The van der Waals surface area contributed by atoms with Gasteiger partial charge >= 0.3 is 0 Å². The molecule has 1 fully saturated rings. The van der Waals surface area contributed by atoms with Gasteiger partial charge in [-0.25, -0.2) is 4.98 Å². The van der Waals surface area contributed by atoms with Crippen molar-refractivity contribution < 1.29 is 9.53 Å². The summed E-state index contributed by atoms with van der Waals surface area (Å²) in [6.45, 7) is 0. The summed E-state index contributed by atoms with van der Waals surface area (Å²) in [5.74, 6) is 1.90. The fourth-order valence-corrected chi connectivity index (χ4v) is 3.37. The fourth-order valence-electron chi connectivity index (χ4n) is 3.37. The summed E-state index contributed by atoms with van der Waals surface area (Å²) in [6, 6.07) is 7.56. The van der Waals surface area contributed by atoms with Gasteiger partial charge in [0, 0.05) is 25.4 Å². The molecule has 1 heterocycles. The van der Waals surface area contributed by atoms with E-state index >= 15 is 0 Å². The number of imidazole rings is 1. The van der Waals surface area contributed by atoms with Gasteiger partial charge < -0.3 is 14.6 Å². The second-order valence-electron chi connectivity index (χ2n) is 6.45. The van der Waals surface area contributed by atoms with Crippen LogP contribution in [-0.4, -0.2) is 22.6 Å². The van der Waals surface area contributed by atoms with E-state index in [1.165, 1.54) is 6.42 Å². The third-order valence-corrected chi connectivity index (χ3v) is 4.83. The van der Waals surface area contributed by atoms with E-state index in [9.17, 15) is 4.79 Å². The van der Waals surface area contributed by atoms with E-state index < -0.39 is 0 Å². The molecule has 1 aliphatic rings. The number of nitrogens with zero attached hydrogens (tertiary/aromatic N) is 2. The highest BCUT2D eigenvalue weighted by Gasteiger charge is 2.26. The Balaban J connectivity index is 1.84. The van der Waals surface area contributed by atoms with Crippen LogP contribution in [-0.2, 0) is 11.8 Å². The lowest BCUT2D eigenvalue weighted by molar-refractivity contribution is -0.126. The molecule has 1 aromatic heterocycles. The Kier molecular flexibility index (Phi) is 5.18. The molecule has 128 valence electrons. The molecule has 0 radical (unpaired) electrons. The summed E-state index contributed by atoms with van der Waals surface area (Å²) >= 11 is 0. The first-order valence-electron chi connectivity index (χ1n) is 8.60. The molecule has 1 amide bonds. The number of nitrogens with one attached hydrogen (secondary N) is 1. The number of ether oxygens (including phenoxy) is 1. The van der Waals surface area contributed by atoms with Crippen molar-refractivity contribution in [2.75, 3.05) is 7.11 Å². The maximum absolute atomic E-state index is 12.7. The van der Waals surface area contributed by atoms with Gasteiger partial charge in [-0.05, 0) is 30.5 Å². The van der Waals surface area contributed by atoms with E-state index in [-0.39, 0.29) is 17.9 Å². The van der Waals surface area contributed by atoms with Crippen LogP contribution in [0.2, 0.25) is 0 Å². The van der Waals surface area contributed by atoms with Crippen molar-refractivity contribution in [1.29, 1.82) is 0 Å². The maximum atomic E-state index is 12.7. The van der Waals surface area contributed by atoms with Crippen LogP contribution in [0.15, 0.2) is 36.7 Å². The lowest BCUT2D eigenvalue weighted by atomic mass is 9.88. The van der Waals surface area contributed by atoms with Gasteiger partial charge in [-0.3, -0.25) is 4.79 Å². The van der Waals surface area contributed by atoms with Gasteiger partial charge in [-0.2, -0.15) is 0 Å².